The number of rotatable bonds is 8. The first-order valence-electron chi connectivity index (χ1n) is 6.57. The number of nitrogens with zero attached hydrogens (tertiary/aromatic N) is 2. The average Bonchev–Trinajstić information content (AvgIpc) is 2.65. The Hall–Kier alpha value is -0.870. The fourth-order valence-electron chi connectivity index (χ4n) is 1.79. The molecular formula is C13H26N4. The molecule has 1 rings (SSSR count). The molecule has 1 heterocycles. The van der Waals surface area contributed by atoms with E-state index in [0.717, 1.165) is 32.5 Å². The quantitative estimate of drug-likeness (QED) is 0.726. The summed E-state index contributed by atoms with van der Waals surface area (Å²) < 4.78 is 0. The van der Waals surface area contributed by atoms with Gasteiger partial charge in [-0.2, -0.15) is 5.10 Å². The summed E-state index contributed by atoms with van der Waals surface area (Å²) in [7, 11) is 2.14. The molecule has 0 saturated carbocycles. The fourth-order valence-corrected chi connectivity index (χ4v) is 1.79. The molecule has 0 fully saturated rings. The van der Waals surface area contributed by atoms with Gasteiger partial charge in [0, 0.05) is 31.4 Å². The molecule has 0 saturated heterocycles. The van der Waals surface area contributed by atoms with Gasteiger partial charge >= 0.3 is 0 Å². The zero-order valence-corrected chi connectivity index (χ0v) is 11.6. The topological polar surface area (TPSA) is 44.0 Å². The van der Waals surface area contributed by atoms with Crippen molar-refractivity contribution >= 4 is 0 Å². The summed E-state index contributed by atoms with van der Waals surface area (Å²) in [4.78, 5) is 2.30. The first-order chi connectivity index (χ1) is 8.11. The smallest absolute Gasteiger partial charge is 0.0625 e. The number of likely N-dealkylation sites (N-methyl/N-ethyl adjacent to an activating group) is 1. The minimum Gasteiger partial charge on any atom is -0.313 e. The maximum Gasteiger partial charge on any atom is 0.0625 e. The van der Waals surface area contributed by atoms with Crippen LogP contribution in [0.3, 0.4) is 0 Å². The van der Waals surface area contributed by atoms with Gasteiger partial charge in [0.05, 0.1) is 5.69 Å². The number of hydrogen-bond donors (Lipinski definition) is 2. The molecule has 1 aromatic heterocycles. The Kier molecular flexibility index (Phi) is 6.22. The van der Waals surface area contributed by atoms with Gasteiger partial charge in [0.25, 0.3) is 0 Å². The Morgan fingerprint density at radius 1 is 1.47 bits per heavy atom. The van der Waals surface area contributed by atoms with E-state index in [0.29, 0.717) is 6.04 Å². The molecule has 0 aliphatic rings. The largest absolute Gasteiger partial charge is 0.313 e. The van der Waals surface area contributed by atoms with Crippen LogP contribution in [0.1, 0.15) is 38.6 Å². The summed E-state index contributed by atoms with van der Waals surface area (Å²) in [6.07, 6.45) is 2.22. The summed E-state index contributed by atoms with van der Waals surface area (Å²) in [5.41, 5.74) is 2.39. The van der Waals surface area contributed by atoms with Crippen LogP contribution in [-0.4, -0.2) is 41.3 Å². The van der Waals surface area contributed by atoms with E-state index in [-0.39, 0.29) is 0 Å². The summed E-state index contributed by atoms with van der Waals surface area (Å²) in [6.45, 7) is 9.55. The molecule has 0 aliphatic carbocycles. The van der Waals surface area contributed by atoms with E-state index in [9.17, 15) is 0 Å². The summed E-state index contributed by atoms with van der Waals surface area (Å²) in [5.74, 6) is 0. The fraction of sp³-hybridized carbons (Fsp3) is 0.769. The molecule has 0 unspecified atom stereocenters. The number of aromatic amines is 1. The van der Waals surface area contributed by atoms with Crippen LogP contribution in [-0.2, 0) is 13.0 Å². The third kappa shape index (κ3) is 5.84. The molecule has 0 aliphatic heterocycles. The van der Waals surface area contributed by atoms with Crippen LogP contribution in [0.2, 0.25) is 0 Å². The van der Waals surface area contributed by atoms with Crippen molar-refractivity contribution in [3.05, 3.63) is 17.5 Å². The third-order valence-corrected chi connectivity index (χ3v) is 2.68. The van der Waals surface area contributed by atoms with Crippen LogP contribution < -0.4 is 5.32 Å². The Labute approximate surface area is 105 Å². The molecule has 4 nitrogen and oxygen atoms in total. The maximum absolute atomic E-state index is 4.30. The number of aryl methyl sites for hydroxylation is 1. The highest BCUT2D eigenvalue weighted by Crippen LogP contribution is 2.04. The van der Waals surface area contributed by atoms with Crippen molar-refractivity contribution < 1.29 is 0 Å². The van der Waals surface area contributed by atoms with Crippen molar-refractivity contribution in [2.75, 3.05) is 20.1 Å². The molecule has 0 spiro atoms. The van der Waals surface area contributed by atoms with E-state index in [1.165, 1.54) is 11.4 Å². The SMILES string of the molecule is CCCc1cc(CN(C)CCNC(C)C)[nH]n1. The van der Waals surface area contributed by atoms with Gasteiger partial charge in [0.2, 0.25) is 0 Å². The van der Waals surface area contributed by atoms with Crippen molar-refractivity contribution in [1.29, 1.82) is 0 Å². The van der Waals surface area contributed by atoms with Gasteiger partial charge in [-0.1, -0.05) is 27.2 Å². The van der Waals surface area contributed by atoms with Crippen molar-refractivity contribution in [3.63, 3.8) is 0 Å². The number of aromatic nitrogens is 2. The first-order valence-corrected chi connectivity index (χ1v) is 6.57. The molecule has 2 N–H and O–H groups in total. The van der Waals surface area contributed by atoms with Crippen LogP contribution >= 0.6 is 0 Å². The molecule has 4 heteroatoms. The van der Waals surface area contributed by atoms with E-state index >= 15 is 0 Å². The highest BCUT2D eigenvalue weighted by Gasteiger charge is 2.04. The predicted molar refractivity (Wildman–Crippen MR) is 72.1 cm³/mol. The van der Waals surface area contributed by atoms with E-state index in [2.05, 4.69) is 54.3 Å². The maximum atomic E-state index is 4.30. The van der Waals surface area contributed by atoms with Gasteiger partial charge in [-0.05, 0) is 19.5 Å². The van der Waals surface area contributed by atoms with Gasteiger partial charge < -0.3 is 5.32 Å². The second-order valence-corrected chi connectivity index (χ2v) is 4.98. The van der Waals surface area contributed by atoms with E-state index < -0.39 is 0 Å². The molecular weight excluding hydrogens is 212 g/mol. The second-order valence-electron chi connectivity index (χ2n) is 4.98. The zero-order valence-electron chi connectivity index (χ0n) is 11.6. The molecule has 0 aromatic carbocycles. The highest BCUT2D eigenvalue weighted by molar-refractivity contribution is 5.08. The lowest BCUT2D eigenvalue weighted by Gasteiger charge is -2.16. The van der Waals surface area contributed by atoms with E-state index in [4.69, 9.17) is 0 Å². The highest BCUT2D eigenvalue weighted by atomic mass is 15.2. The van der Waals surface area contributed by atoms with Gasteiger partial charge in [0.1, 0.15) is 0 Å². The van der Waals surface area contributed by atoms with Crippen molar-refractivity contribution in [1.82, 2.24) is 20.4 Å². The normalized spacial score (nSPS) is 11.6. The lowest BCUT2D eigenvalue weighted by atomic mass is 10.2. The van der Waals surface area contributed by atoms with E-state index in [1.54, 1.807) is 0 Å². The van der Waals surface area contributed by atoms with Crippen molar-refractivity contribution in [2.24, 2.45) is 0 Å². The van der Waals surface area contributed by atoms with E-state index in [1.807, 2.05) is 0 Å². The first kappa shape index (κ1) is 14.2. The number of H-pyrrole nitrogens is 1. The predicted octanol–water partition coefficient (Wildman–Crippen LogP) is 1.79. The van der Waals surface area contributed by atoms with Gasteiger partial charge in [0.15, 0.2) is 0 Å². The summed E-state index contributed by atoms with van der Waals surface area (Å²) in [5, 5.41) is 10.8. The van der Waals surface area contributed by atoms with Crippen LogP contribution in [0, 0.1) is 0 Å². The van der Waals surface area contributed by atoms with Gasteiger partial charge in [-0.25, -0.2) is 0 Å². The molecule has 98 valence electrons. The Morgan fingerprint density at radius 2 is 2.24 bits per heavy atom. The standard InChI is InChI=1S/C13H26N4/c1-5-6-12-9-13(16-15-12)10-17(4)8-7-14-11(2)3/h9,11,14H,5-8,10H2,1-4H3,(H,15,16). The van der Waals surface area contributed by atoms with Crippen LogP contribution in [0.25, 0.3) is 0 Å². The molecule has 17 heavy (non-hydrogen) atoms. The van der Waals surface area contributed by atoms with Crippen LogP contribution in [0.5, 0.6) is 0 Å². The molecule has 1 aromatic rings. The summed E-state index contributed by atoms with van der Waals surface area (Å²) >= 11 is 0. The van der Waals surface area contributed by atoms with Crippen molar-refractivity contribution in [3.8, 4) is 0 Å². The number of nitrogens with one attached hydrogen (secondary N) is 2. The van der Waals surface area contributed by atoms with Crippen LogP contribution in [0.4, 0.5) is 0 Å². The number of hydrogen-bond acceptors (Lipinski definition) is 3. The van der Waals surface area contributed by atoms with Gasteiger partial charge in [-0.15, -0.1) is 0 Å². The molecule has 0 amide bonds. The lowest BCUT2D eigenvalue weighted by Crippen LogP contribution is -2.32. The Morgan fingerprint density at radius 3 is 2.88 bits per heavy atom. The van der Waals surface area contributed by atoms with Crippen LogP contribution in [0.15, 0.2) is 6.07 Å². The van der Waals surface area contributed by atoms with Crippen molar-refractivity contribution in [2.45, 2.75) is 46.2 Å². The third-order valence-electron chi connectivity index (χ3n) is 2.68. The average molecular weight is 238 g/mol. The minimum atomic E-state index is 0.562. The molecule has 0 bridgehead atoms. The minimum absolute atomic E-state index is 0.562. The Bertz CT molecular complexity index is 306. The lowest BCUT2D eigenvalue weighted by molar-refractivity contribution is 0.316. The Balaban J connectivity index is 2.26. The molecule has 0 atom stereocenters. The second kappa shape index (κ2) is 7.45. The van der Waals surface area contributed by atoms with Gasteiger partial charge in [-0.3, -0.25) is 10.00 Å². The zero-order chi connectivity index (χ0) is 12.7. The monoisotopic (exact) mass is 238 g/mol. The molecule has 0 radical (unpaired) electrons. The summed E-state index contributed by atoms with van der Waals surface area (Å²) in [6, 6.07) is 2.74.